The number of carbonyl (C=O) groups excluding carboxylic acids is 1. The van der Waals surface area contributed by atoms with Crippen LogP contribution in [0.5, 0.6) is 0 Å². The molecule has 1 aromatic carbocycles. The van der Waals surface area contributed by atoms with Gasteiger partial charge in [0.05, 0.1) is 10.6 Å². The Morgan fingerprint density at radius 2 is 1.80 bits per heavy atom. The molecule has 9 nitrogen and oxygen atoms in total. The van der Waals surface area contributed by atoms with E-state index in [1.807, 2.05) is 23.6 Å². The van der Waals surface area contributed by atoms with Gasteiger partial charge in [0, 0.05) is 44.3 Å². The Balaban J connectivity index is 1.62. The summed E-state index contributed by atoms with van der Waals surface area (Å²) in [5, 5.41) is 11.9. The van der Waals surface area contributed by atoms with Crippen molar-refractivity contribution in [1.29, 1.82) is 0 Å². The Bertz CT molecular complexity index is 993. The van der Waals surface area contributed by atoms with Crippen molar-refractivity contribution in [3.63, 3.8) is 0 Å². The van der Waals surface area contributed by atoms with Crippen LogP contribution in [-0.2, 0) is 11.3 Å². The molecule has 0 bridgehead atoms. The summed E-state index contributed by atoms with van der Waals surface area (Å²) in [5.41, 5.74) is 1.49. The van der Waals surface area contributed by atoms with E-state index < -0.39 is 10.8 Å². The lowest BCUT2D eigenvalue weighted by molar-refractivity contribution is -0.113. The van der Waals surface area contributed by atoms with Crippen LogP contribution in [0.1, 0.15) is 6.92 Å². The third-order valence-corrected chi connectivity index (χ3v) is 7.16. The van der Waals surface area contributed by atoms with E-state index in [1.54, 1.807) is 50.8 Å². The first-order chi connectivity index (χ1) is 14.3. The first-order valence-corrected chi connectivity index (χ1v) is 11.6. The van der Waals surface area contributed by atoms with Crippen LogP contribution in [0, 0.1) is 0 Å². The molecule has 1 amide bonds. The summed E-state index contributed by atoms with van der Waals surface area (Å²) in [4.78, 5) is 16.8. The smallest absolute Gasteiger partial charge is 0.234 e. The third kappa shape index (κ3) is 4.99. The van der Waals surface area contributed by atoms with Gasteiger partial charge in [-0.15, -0.1) is 21.0 Å². The molecule has 30 heavy (non-hydrogen) atoms. The molecule has 3 N–H and O–H groups in total. The van der Waals surface area contributed by atoms with Gasteiger partial charge in [0.2, 0.25) is 5.91 Å². The number of aromatic nitrogens is 4. The van der Waals surface area contributed by atoms with Crippen LogP contribution in [0.25, 0.3) is 11.4 Å². The fraction of sp³-hybridized carbons (Fsp3) is 0.263. The molecule has 0 fully saturated rings. The maximum atomic E-state index is 12.4. The van der Waals surface area contributed by atoms with Gasteiger partial charge in [-0.25, -0.2) is 4.31 Å². The van der Waals surface area contributed by atoms with Gasteiger partial charge in [0.25, 0.3) is 0 Å². The molecule has 0 saturated heterocycles. The van der Waals surface area contributed by atoms with Gasteiger partial charge >= 0.3 is 0 Å². The Kier molecular flexibility index (Phi) is 7.10. The van der Waals surface area contributed by atoms with Crippen molar-refractivity contribution in [1.82, 2.24) is 24.1 Å². The molecular formula is C19H24N6O3S2. The summed E-state index contributed by atoms with van der Waals surface area (Å²) in [6.45, 7) is 2.67. The number of nitrogens with zero attached hydrogens (tertiary/aromatic N) is 5. The lowest BCUT2D eigenvalue weighted by Crippen LogP contribution is -2.18. The Morgan fingerprint density at radius 3 is 2.40 bits per heavy atom. The monoisotopic (exact) mass is 448 g/mol. The van der Waals surface area contributed by atoms with Crippen molar-refractivity contribution in [3.05, 3.63) is 48.8 Å². The number of amides is 1. The summed E-state index contributed by atoms with van der Waals surface area (Å²) in [5.74, 6) is 0.713. The zero-order valence-electron chi connectivity index (χ0n) is 16.9. The summed E-state index contributed by atoms with van der Waals surface area (Å²) in [7, 11) is 0.187. The normalized spacial score (nSPS) is 12.2. The number of benzene rings is 1. The van der Waals surface area contributed by atoms with Crippen LogP contribution >= 0.6 is 22.5 Å². The molecule has 0 unspecified atom stereocenters. The second-order valence-corrected chi connectivity index (χ2v) is 9.66. The molecule has 0 spiro atoms. The Hall–Kier alpha value is -2.44. The molecule has 0 atom stereocenters. The quantitative estimate of drug-likeness (QED) is 0.447. The lowest BCUT2D eigenvalue weighted by Gasteiger charge is -2.38. The second kappa shape index (κ2) is 9.58. The minimum absolute atomic E-state index is 0.170. The number of hydrogen-bond acceptors (Lipinski definition) is 8. The highest BCUT2D eigenvalue weighted by Crippen LogP contribution is 2.49. The number of hydrogen-bond donors (Lipinski definition) is 3. The van der Waals surface area contributed by atoms with Gasteiger partial charge in [-0.3, -0.25) is 18.9 Å². The van der Waals surface area contributed by atoms with Crippen molar-refractivity contribution < 1.29 is 13.9 Å². The molecule has 2 aromatic heterocycles. The minimum Gasteiger partial charge on any atom is -0.325 e. The summed E-state index contributed by atoms with van der Waals surface area (Å²) in [6.07, 6.45) is 3.40. The molecule has 0 aliphatic carbocycles. The molecule has 0 aliphatic heterocycles. The van der Waals surface area contributed by atoms with Crippen molar-refractivity contribution in [3.8, 4) is 11.4 Å². The average molecular weight is 449 g/mol. The highest BCUT2D eigenvalue weighted by molar-refractivity contribution is 8.22. The Labute approximate surface area is 181 Å². The fourth-order valence-corrected chi connectivity index (χ4v) is 4.38. The minimum atomic E-state index is -3.00. The predicted molar refractivity (Wildman–Crippen MR) is 120 cm³/mol. The Morgan fingerprint density at radius 1 is 1.13 bits per heavy atom. The van der Waals surface area contributed by atoms with Gasteiger partial charge in [-0.2, -0.15) is 0 Å². The van der Waals surface area contributed by atoms with Crippen molar-refractivity contribution in [2.45, 2.75) is 23.5 Å². The zero-order chi connectivity index (χ0) is 21.7. The van der Waals surface area contributed by atoms with Crippen LogP contribution in [0.15, 0.2) is 58.8 Å². The van der Waals surface area contributed by atoms with Gasteiger partial charge in [-0.05, 0) is 43.3 Å². The summed E-state index contributed by atoms with van der Waals surface area (Å²) < 4.78 is 23.6. The standard InChI is InChI=1S/C19H24N6O3S2/c1-4-25-18(14-9-11-20-12-10-14)22-23-19(25)29-13-17(26)21-15-5-7-16(8-6-15)30(27,28)24(2)3/h5-12,27-28H,4,13H2,1-3H3,(H,21,26). The molecule has 3 aromatic rings. The topological polar surface area (TPSA) is 116 Å². The third-order valence-electron chi connectivity index (χ3n) is 4.27. The molecule has 0 saturated carbocycles. The summed E-state index contributed by atoms with van der Waals surface area (Å²) in [6, 6.07) is 10.2. The first-order valence-electron chi connectivity index (χ1n) is 9.15. The first kappa shape index (κ1) is 22.2. The van der Waals surface area contributed by atoms with E-state index in [1.165, 1.54) is 16.1 Å². The fourth-order valence-electron chi connectivity index (χ4n) is 2.65. The molecular weight excluding hydrogens is 424 g/mol. The number of thioether (sulfide) groups is 1. The van der Waals surface area contributed by atoms with Crippen LogP contribution in [-0.4, -0.2) is 58.9 Å². The highest BCUT2D eigenvalue weighted by Gasteiger charge is 2.18. The van der Waals surface area contributed by atoms with Crippen LogP contribution < -0.4 is 5.32 Å². The average Bonchev–Trinajstić information content (AvgIpc) is 3.16. The van der Waals surface area contributed by atoms with Gasteiger partial charge in [-0.1, -0.05) is 11.8 Å². The van der Waals surface area contributed by atoms with E-state index in [0.717, 1.165) is 11.4 Å². The van der Waals surface area contributed by atoms with Gasteiger partial charge in [0.1, 0.15) is 0 Å². The predicted octanol–water partition coefficient (Wildman–Crippen LogP) is 3.68. The largest absolute Gasteiger partial charge is 0.325 e. The number of nitrogens with one attached hydrogen (secondary N) is 1. The number of rotatable bonds is 8. The number of anilines is 1. The van der Waals surface area contributed by atoms with Crippen molar-refractivity contribution >= 4 is 34.1 Å². The molecule has 160 valence electrons. The molecule has 3 rings (SSSR count). The molecule has 11 heteroatoms. The van der Waals surface area contributed by atoms with E-state index in [4.69, 9.17) is 0 Å². The highest BCUT2D eigenvalue weighted by atomic mass is 32.3. The summed E-state index contributed by atoms with van der Waals surface area (Å²) >= 11 is 1.30. The van der Waals surface area contributed by atoms with Gasteiger partial charge in [0.15, 0.2) is 11.0 Å². The van der Waals surface area contributed by atoms with Crippen LogP contribution in [0.2, 0.25) is 0 Å². The molecule has 2 heterocycles. The maximum absolute atomic E-state index is 12.4. The zero-order valence-corrected chi connectivity index (χ0v) is 18.5. The number of pyridine rings is 1. The van der Waals surface area contributed by atoms with Crippen LogP contribution in [0.4, 0.5) is 5.69 Å². The van der Waals surface area contributed by atoms with Crippen molar-refractivity contribution in [2.75, 3.05) is 25.2 Å². The van der Waals surface area contributed by atoms with Gasteiger partial charge < -0.3 is 9.88 Å². The van der Waals surface area contributed by atoms with E-state index >= 15 is 0 Å². The second-order valence-electron chi connectivity index (χ2n) is 6.48. The SMILES string of the molecule is CCn1c(SCC(=O)Nc2ccc(S(O)(O)N(C)C)cc2)nnc1-c1ccncc1. The maximum Gasteiger partial charge on any atom is 0.234 e. The lowest BCUT2D eigenvalue weighted by atomic mass is 10.2. The number of carbonyl (C=O) groups is 1. The van der Waals surface area contributed by atoms with Crippen molar-refractivity contribution in [2.24, 2.45) is 0 Å². The van der Waals surface area contributed by atoms with E-state index in [0.29, 0.717) is 22.3 Å². The molecule has 0 radical (unpaired) electrons. The van der Waals surface area contributed by atoms with E-state index in [-0.39, 0.29) is 11.7 Å². The van der Waals surface area contributed by atoms with E-state index in [2.05, 4.69) is 20.5 Å². The molecule has 0 aliphatic rings. The van der Waals surface area contributed by atoms with E-state index in [9.17, 15) is 13.9 Å². The van der Waals surface area contributed by atoms with Crippen LogP contribution in [0.3, 0.4) is 0 Å².